The summed E-state index contributed by atoms with van der Waals surface area (Å²) in [6.45, 7) is 9.12. The van der Waals surface area contributed by atoms with Gasteiger partial charge in [-0.25, -0.2) is 9.37 Å². The molecule has 29 heavy (non-hydrogen) atoms. The molecular weight excluding hydrogens is 377 g/mol. The lowest BCUT2D eigenvalue weighted by Crippen LogP contribution is -2.37. The van der Waals surface area contributed by atoms with E-state index in [-0.39, 0.29) is 5.82 Å². The molecule has 144 valence electrons. The van der Waals surface area contributed by atoms with Crippen LogP contribution in [0.25, 0.3) is 44.1 Å². The van der Waals surface area contributed by atoms with Gasteiger partial charge in [0.2, 0.25) is 0 Å². The van der Waals surface area contributed by atoms with Crippen molar-refractivity contribution in [3.8, 4) is 11.3 Å². The van der Waals surface area contributed by atoms with Crippen LogP contribution in [0, 0.1) is 12.7 Å². The Kier molecular flexibility index (Phi) is 3.90. The number of benzene rings is 3. The Morgan fingerprint density at radius 1 is 0.862 bits per heavy atom. The van der Waals surface area contributed by atoms with Gasteiger partial charge >= 0.3 is 0 Å². The van der Waals surface area contributed by atoms with Crippen LogP contribution >= 0.6 is 0 Å². The van der Waals surface area contributed by atoms with Gasteiger partial charge in [0.15, 0.2) is 0 Å². The van der Waals surface area contributed by atoms with Gasteiger partial charge < -0.3 is 4.42 Å². The molecule has 0 spiro atoms. The minimum atomic E-state index is -1.37. The van der Waals surface area contributed by atoms with E-state index in [9.17, 15) is 4.39 Å². The maximum atomic E-state index is 13.7. The van der Waals surface area contributed by atoms with E-state index in [0.717, 1.165) is 44.1 Å². The molecular formula is C25H22FNOSi. The quantitative estimate of drug-likeness (QED) is 0.305. The number of fused-ring (bicyclic) bond motifs is 4. The fraction of sp³-hybridized carbons (Fsp3) is 0.160. The minimum absolute atomic E-state index is 0.295. The van der Waals surface area contributed by atoms with Gasteiger partial charge in [-0.2, -0.15) is 0 Å². The van der Waals surface area contributed by atoms with E-state index >= 15 is 0 Å². The summed E-state index contributed by atoms with van der Waals surface area (Å²) in [5.41, 5.74) is 5.21. The lowest BCUT2D eigenvalue weighted by molar-refractivity contribution is 0.618. The molecule has 2 heterocycles. The van der Waals surface area contributed by atoms with E-state index in [2.05, 4.69) is 69.0 Å². The molecule has 0 fully saturated rings. The Bertz CT molecular complexity index is 1410. The first-order valence-corrected chi connectivity index (χ1v) is 13.3. The standard InChI is InChI=1S/C25H22FNOSi/c1-15-11-20-19-8-6-17(26)14-24(19)28-25(20)21(12-15)23-9-5-16-13-18(29(2,3)4)7-10-22(16)27-23/h5-14H,1-4H3. The number of halogens is 1. The first-order chi connectivity index (χ1) is 13.8. The summed E-state index contributed by atoms with van der Waals surface area (Å²) >= 11 is 0. The lowest BCUT2D eigenvalue weighted by atomic mass is 10.0. The van der Waals surface area contributed by atoms with Gasteiger partial charge in [0.1, 0.15) is 17.0 Å². The second kappa shape index (κ2) is 6.26. The van der Waals surface area contributed by atoms with E-state index in [4.69, 9.17) is 9.40 Å². The summed E-state index contributed by atoms with van der Waals surface area (Å²) in [5.74, 6) is -0.295. The molecule has 3 aromatic carbocycles. The number of furan rings is 1. The van der Waals surface area contributed by atoms with Gasteiger partial charge in [-0.3, -0.25) is 0 Å². The van der Waals surface area contributed by atoms with Crippen molar-refractivity contribution in [1.29, 1.82) is 0 Å². The Labute approximate surface area is 170 Å². The summed E-state index contributed by atoms with van der Waals surface area (Å²) in [7, 11) is -1.37. The van der Waals surface area contributed by atoms with Crippen molar-refractivity contribution >= 4 is 46.1 Å². The van der Waals surface area contributed by atoms with Crippen molar-refractivity contribution in [2.45, 2.75) is 26.6 Å². The number of hydrogen-bond acceptors (Lipinski definition) is 2. The number of rotatable bonds is 2. The highest BCUT2D eigenvalue weighted by atomic mass is 28.3. The lowest BCUT2D eigenvalue weighted by Gasteiger charge is -2.17. The van der Waals surface area contributed by atoms with Crippen molar-refractivity contribution in [3.63, 3.8) is 0 Å². The first kappa shape index (κ1) is 18.1. The molecule has 0 atom stereocenters. The van der Waals surface area contributed by atoms with E-state index < -0.39 is 8.07 Å². The predicted molar refractivity (Wildman–Crippen MR) is 122 cm³/mol. The van der Waals surface area contributed by atoms with Crippen molar-refractivity contribution < 1.29 is 8.81 Å². The average molecular weight is 400 g/mol. The largest absolute Gasteiger partial charge is 0.455 e. The molecule has 5 aromatic rings. The molecule has 0 unspecified atom stereocenters. The van der Waals surface area contributed by atoms with E-state index in [1.54, 1.807) is 6.07 Å². The molecule has 0 radical (unpaired) electrons. The van der Waals surface area contributed by atoms with Crippen LogP contribution in [0.15, 0.2) is 65.1 Å². The third-order valence-electron chi connectivity index (χ3n) is 5.51. The Morgan fingerprint density at radius 2 is 1.69 bits per heavy atom. The van der Waals surface area contributed by atoms with Crippen LogP contribution in [0.3, 0.4) is 0 Å². The number of aromatic nitrogens is 1. The highest BCUT2D eigenvalue weighted by Crippen LogP contribution is 2.37. The van der Waals surface area contributed by atoms with Crippen LogP contribution in [-0.2, 0) is 0 Å². The number of aryl methyl sites for hydroxylation is 1. The zero-order valence-electron chi connectivity index (χ0n) is 17.0. The monoisotopic (exact) mass is 399 g/mol. The highest BCUT2D eigenvalue weighted by Gasteiger charge is 2.18. The summed E-state index contributed by atoms with van der Waals surface area (Å²) < 4.78 is 19.8. The molecule has 2 aromatic heterocycles. The van der Waals surface area contributed by atoms with Crippen molar-refractivity contribution in [3.05, 3.63) is 72.0 Å². The average Bonchev–Trinajstić information content (AvgIpc) is 3.03. The van der Waals surface area contributed by atoms with Crippen molar-refractivity contribution in [1.82, 2.24) is 4.98 Å². The maximum absolute atomic E-state index is 13.7. The molecule has 0 N–H and O–H groups in total. The van der Waals surface area contributed by atoms with Crippen molar-refractivity contribution in [2.24, 2.45) is 0 Å². The van der Waals surface area contributed by atoms with E-state index in [1.807, 2.05) is 0 Å². The van der Waals surface area contributed by atoms with E-state index in [0.29, 0.717) is 5.58 Å². The van der Waals surface area contributed by atoms with Crippen molar-refractivity contribution in [2.75, 3.05) is 0 Å². The van der Waals surface area contributed by atoms with Crippen LogP contribution < -0.4 is 5.19 Å². The normalized spacial score (nSPS) is 12.3. The van der Waals surface area contributed by atoms with Gasteiger partial charge in [0, 0.05) is 27.8 Å². The summed E-state index contributed by atoms with van der Waals surface area (Å²) in [6.07, 6.45) is 0. The second-order valence-corrected chi connectivity index (χ2v) is 13.9. The molecule has 0 bridgehead atoms. The van der Waals surface area contributed by atoms with E-state index in [1.165, 1.54) is 17.3 Å². The van der Waals surface area contributed by atoms with Crippen LogP contribution in [0.4, 0.5) is 4.39 Å². The first-order valence-electron chi connectivity index (χ1n) is 9.84. The minimum Gasteiger partial charge on any atom is -0.455 e. The predicted octanol–water partition coefficient (Wildman–Crippen LogP) is 6.79. The summed E-state index contributed by atoms with van der Waals surface area (Å²) in [5, 5.41) is 4.50. The van der Waals surface area contributed by atoms with Gasteiger partial charge in [0.05, 0.1) is 19.3 Å². The Morgan fingerprint density at radius 3 is 2.48 bits per heavy atom. The topological polar surface area (TPSA) is 26.0 Å². The summed E-state index contributed by atoms with van der Waals surface area (Å²) in [4.78, 5) is 4.93. The Hall–Kier alpha value is -2.98. The van der Waals surface area contributed by atoms with Crippen LogP contribution in [-0.4, -0.2) is 13.1 Å². The molecule has 0 amide bonds. The maximum Gasteiger partial charge on any atom is 0.144 e. The molecule has 4 heteroatoms. The molecule has 0 aliphatic carbocycles. The SMILES string of the molecule is Cc1cc(-c2ccc3cc([Si](C)(C)C)ccc3n2)c2oc3cc(F)ccc3c2c1. The number of hydrogen-bond donors (Lipinski definition) is 0. The molecule has 0 aliphatic rings. The fourth-order valence-electron chi connectivity index (χ4n) is 3.93. The number of pyridine rings is 1. The molecule has 0 saturated carbocycles. The highest BCUT2D eigenvalue weighted by molar-refractivity contribution is 6.88. The zero-order valence-corrected chi connectivity index (χ0v) is 18.0. The van der Waals surface area contributed by atoms with Crippen LogP contribution in [0.1, 0.15) is 5.56 Å². The van der Waals surface area contributed by atoms with Gasteiger partial charge in [-0.15, -0.1) is 0 Å². The third kappa shape index (κ3) is 3.04. The van der Waals surface area contributed by atoms with Crippen LogP contribution in [0.2, 0.25) is 19.6 Å². The van der Waals surface area contributed by atoms with Crippen LogP contribution in [0.5, 0.6) is 0 Å². The second-order valence-electron chi connectivity index (χ2n) is 8.79. The molecule has 0 aliphatic heterocycles. The Balaban J connectivity index is 1.74. The van der Waals surface area contributed by atoms with Gasteiger partial charge in [-0.05, 0) is 48.9 Å². The zero-order chi connectivity index (χ0) is 20.3. The van der Waals surface area contributed by atoms with Gasteiger partial charge in [-0.1, -0.05) is 43.0 Å². The smallest absolute Gasteiger partial charge is 0.144 e. The van der Waals surface area contributed by atoms with Gasteiger partial charge in [0.25, 0.3) is 0 Å². The fourth-order valence-corrected chi connectivity index (χ4v) is 5.10. The number of nitrogens with zero attached hydrogens (tertiary/aromatic N) is 1. The third-order valence-corrected chi connectivity index (χ3v) is 7.55. The molecule has 0 saturated heterocycles. The molecule has 2 nitrogen and oxygen atoms in total. The summed E-state index contributed by atoms with van der Waals surface area (Å²) in [6, 6.07) is 19.7. The molecule has 5 rings (SSSR count).